The molecule has 1 saturated carbocycles. The first-order valence-corrected chi connectivity index (χ1v) is 6.81. The summed E-state index contributed by atoms with van der Waals surface area (Å²) in [6, 6.07) is -0.314. The summed E-state index contributed by atoms with van der Waals surface area (Å²) in [6.45, 7) is 0.313. The van der Waals surface area contributed by atoms with Gasteiger partial charge in [-0.3, -0.25) is 0 Å². The molecule has 0 saturated heterocycles. The minimum Gasteiger partial charge on any atom is -0.383 e. The van der Waals surface area contributed by atoms with Crippen LogP contribution in [-0.2, 0) is 14.8 Å². The molecule has 1 rings (SSSR count). The zero-order valence-electron chi connectivity index (χ0n) is 8.20. The van der Waals surface area contributed by atoms with Crippen molar-refractivity contribution in [3.8, 4) is 0 Å². The van der Waals surface area contributed by atoms with Gasteiger partial charge in [0.1, 0.15) is 0 Å². The van der Waals surface area contributed by atoms with Crippen LogP contribution in [0.1, 0.15) is 12.8 Å². The molecule has 84 valence electrons. The van der Waals surface area contributed by atoms with E-state index in [1.54, 1.807) is 0 Å². The zero-order valence-corrected chi connectivity index (χ0v) is 9.77. The van der Waals surface area contributed by atoms with Crippen molar-refractivity contribution in [1.82, 2.24) is 4.72 Å². The summed E-state index contributed by atoms with van der Waals surface area (Å²) < 4.78 is 30.4. The second kappa shape index (κ2) is 5.30. The Morgan fingerprint density at radius 2 is 2.21 bits per heavy atom. The maximum atomic E-state index is 11.5. The van der Waals surface area contributed by atoms with Gasteiger partial charge in [0.05, 0.1) is 18.4 Å². The normalized spacial score (nSPS) is 19.6. The Hall–Kier alpha value is 0.160. The molecule has 0 heterocycles. The highest BCUT2D eigenvalue weighted by Gasteiger charge is 2.29. The summed E-state index contributed by atoms with van der Waals surface area (Å²) in [5, 5.41) is 0. The van der Waals surface area contributed by atoms with E-state index in [0.29, 0.717) is 12.5 Å². The number of ether oxygens (including phenoxy) is 1. The highest BCUT2D eigenvalue weighted by molar-refractivity contribution is 7.89. The van der Waals surface area contributed by atoms with Crippen molar-refractivity contribution < 1.29 is 13.2 Å². The second-order valence-electron chi connectivity index (χ2n) is 3.65. The number of sulfonamides is 1. The molecule has 0 aromatic carbocycles. The molecular weight excluding hydrogens is 226 g/mol. The molecule has 0 aliphatic heterocycles. The highest BCUT2D eigenvalue weighted by Crippen LogP contribution is 2.29. The van der Waals surface area contributed by atoms with E-state index in [4.69, 9.17) is 16.3 Å². The first kappa shape index (κ1) is 12.2. The van der Waals surface area contributed by atoms with Gasteiger partial charge in [0.15, 0.2) is 0 Å². The van der Waals surface area contributed by atoms with Crippen LogP contribution in [0.25, 0.3) is 0 Å². The summed E-state index contributed by atoms with van der Waals surface area (Å²) in [6.07, 6.45) is 2.05. The van der Waals surface area contributed by atoms with Crippen LogP contribution in [0.5, 0.6) is 0 Å². The first-order chi connectivity index (χ1) is 6.57. The van der Waals surface area contributed by atoms with Gasteiger partial charge >= 0.3 is 0 Å². The number of hydrogen-bond donors (Lipinski definition) is 1. The molecule has 0 amide bonds. The Balaban J connectivity index is 2.38. The summed E-state index contributed by atoms with van der Waals surface area (Å²) >= 11 is 5.60. The monoisotopic (exact) mass is 241 g/mol. The lowest BCUT2D eigenvalue weighted by Gasteiger charge is -2.14. The maximum absolute atomic E-state index is 11.5. The number of hydrogen-bond acceptors (Lipinski definition) is 3. The van der Waals surface area contributed by atoms with E-state index < -0.39 is 10.0 Å². The Morgan fingerprint density at radius 1 is 1.57 bits per heavy atom. The fraction of sp³-hybridized carbons (Fsp3) is 1.00. The molecule has 0 radical (unpaired) electrons. The van der Waals surface area contributed by atoms with E-state index in [0.717, 1.165) is 12.8 Å². The quantitative estimate of drug-likeness (QED) is 0.663. The van der Waals surface area contributed by atoms with Crippen LogP contribution in [0.4, 0.5) is 0 Å². The van der Waals surface area contributed by atoms with Crippen molar-refractivity contribution in [2.24, 2.45) is 5.92 Å². The Morgan fingerprint density at radius 3 is 2.64 bits per heavy atom. The zero-order chi connectivity index (χ0) is 10.6. The minimum atomic E-state index is -3.17. The molecule has 0 bridgehead atoms. The summed E-state index contributed by atoms with van der Waals surface area (Å²) in [4.78, 5) is 0. The molecule has 1 aliphatic carbocycles. The third kappa shape index (κ3) is 4.59. The van der Waals surface area contributed by atoms with E-state index >= 15 is 0 Å². The van der Waals surface area contributed by atoms with Crippen LogP contribution in [0.15, 0.2) is 0 Å². The van der Waals surface area contributed by atoms with Gasteiger partial charge in [-0.2, -0.15) is 0 Å². The number of nitrogens with one attached hydrogen (secondary N) is 1. The lowest BCUT2D eigenvalue weighted by atomic mass is 10.4. The van der Waals surface area contributed by atoms with E-state index in [1.165, 1.54) is 7.11 Å². The molecule has 6 heteroatoms. The van der Waals surface area contributed by atoms with Crippen molar-refractivity contribution in [3.05, 3.63) is 0 Å². The van der Waals surface area contributed by atoms with E-state index in [2.05, 4.69) is 4.72 Å². The molecule has 0 aromatic heterocycles. The minimum absolute atomic E-state index is 0.226. The molecule has 1 aliphatic rings. The van der Waals surface area contributed by atoms with Crippen LogP contribution in [-0.4, -0.2) is 39.8 Å². The molecule has 1 atom stereocenters. The Labute approximate surface area is 90.0 Å². The highest BCUT2D eigenvalue weighted by atomic mass is 35.5. The van der Waals surface area contributed by atoms with Crippen LogP contribution in [0.2, 0.25) is 0 Å². The van der Waals surface area contributed by atoms with Crippen LogP contribution >= 0.6 is 11.6 Å². The Kier molecular flexibility index (Phi) is 4.63. The van der Waals surface area contributed by atoms with E-state index in [-0.39, 0.29) is 17.7 Å². The predicted molar refractivity (Wildman–Crippen MR) is 56.0 cm³/mol. The predicted octanol–water partition coefficient (Wildman–Crippen LogP) is 0.570. The fourth-order valence-corrected chi connectivity index (χ4v) is 3.18. The molecule has 4 nitrogen and oxygen atoms in total. The largest absolute Gasteiger partial charge is 0.383 e. The fourth-order valence-electron chi connectivity index (χ4n) is 1.21. The van der Waals surface area contributed by atoms with Crippen molar-refractivity contribution in [3.63, 3.8) is 0 Å². The Bertz CT molecular complexity index is 264. The molecule has 1 unspecified atom stereocenters. The van der Waals surface area contributed by atoms with Gasteiger partial charge in [0.2, 0.25) is 10.0 Å². The number of methoxy groups -OCH3 is 1. The molecular formula is C8H16ClNO3S. The third-order valence-electron chi connectivity index (χ3n) is 2.05. The molecule has 1 fully saturated rings. The summed E-state index contributed by atoms with van der Waals surface area (Å²) in [5.41, 5.74) is 0. The number of alkyl halides is 1. The van der Waals surface area contributed by atoms with Crippen molar-refractivity contribution in [1.29, 1.82) is 0 Å². The smallest absolute Gasteiger partial charge is 0.212 e. The topological polar surface area (TPSA) is 55.4 Å². The second-order valence-corrected chi connectivity index (χ2v) is 5.76. The summed E-state index contributed by atoms with van der Waals surface area (Å²) in [7, 11) is -1.64. The number of rotatable bonds is 7. The van der Waals surface area contributed by atoms with Crippen LogP contribution < -0.4 is 4.72 Å². The van der Waals surface area contributed by atoms with Gasteiger partial charge in [0.25, 0.3) is 0 Å². The average Bonchev–Trinajstić information content (AvgIpc) is 2.86. The van der Waals surface area contributed by atoms with Gasteiger partial charge in [-0.1, -0.05) is 0 Å². The van der Waals surface area contributed by atoms with Crippen LogP contribution in [0, 0.1) is 5.92 Å². The molecule has 1 N–H and O–H groups in total. The van der Waals surface area contributed by atoms with E-state index in [9.17, 15) is 8.42 Å². The van der Waals surface area contributed by atoms with Gasteiger partial charge in [-0.05, 0) is 18.8 Å². The van der Waals surface area contributed by atoms with Crippen LogP contribution in [0.3, 0.4) is 0 Å². The lowest BCUT2D eigenvalue weighted by molar-refractivity contribution is 0.181. The van der Waals surface area contributed by atoms with Gasteiger partial charge < -0.3 is 4.74 Å². The number of halogens is 1. The molecule has 0 spiro atoms. The van der Waals surface area contributed by atoms with Crippen molar-refractivity contribution >= 4 is 21.6 Å². The first-order valence-electron chi connectivity index (χ1n) is 4.62. The third-order valence-corrected chi connectivity index (χ3v) is 4.03. The maximum Gasteiger partial charge on any atom is 0.212 e. The van der Waals surface area contributed by atoms with E-state index in [1.807, 2.05) is 0 Å². The van der Waals surface area contributed by atoms with Crippen molar-refractivity contribution in [2.45, 2.75) is 18.9 Å². The standard InChI is InChI=1S/C8H16ClNO3S/c1-13-5-8(4-9)10-14(11,12)6-7-2-3-7/h7-8,10H,2-6H2,1H3. The van der Waals surface area contributed by atoms with Gasteiger partial charge in [0, 0.05) is 13.0 Å². The summed E-state index contributed by atoms with van der Waals surface area (Å²) in [5.74, 6) is 0.813. The lowest BCUT2D eigenvalue weighted by Crippen LogP contribution is -2.40. The molecule has 14 heavy (non-hydrogen) atoms. The SMILES string of the molecule is COCC(CCl)NS(=O)(=O)CC1CC1. The van der Waals surface area contributed by atoms with Crippen molar-refractivity contribution in [2.75, 3.05) is 25.3 Å². The van der Waals surface area contributed by atoms with Gasteiger partial charge in [-0.15, -0.1) is 11.6 Å². The van der Waals surface area contributed by atoms with Gasteiger partial charge in [-0.25, -0.2) is 13.1 Å². The molecule has 0 aromatic rings. The average molecular weight is 242 g/mol.